The highest BCUT2D eigenvalue weighted by molar-refractivity contribution is 5.94. The summed E-state index contributed by atoms with van der Waals surface area (Å²) in [6.45, 7) is 0. The fourth-order valence-corrected chi connectivity index (χ4v) is 1.86. The lowest BCUT2D eigenvalue weighted by Crippen LogP contribution is -2.37. The molecule has 20 heavy (non-hydrogen) atoms. The summed E-state index contributed by atoms with van der Waals surface area (Å²) in [5.41, 5.74) is 7.32. The number of benzene rings is 1. The predicted octanol–water partition coefficient (Wildman–Crippen LogP) is 0.894. The van der Waals surface area contributed by atoms with Crippen molar-refractivity contribution in [2.45, 2.75) is 12.5 Å². The number of pyridine rings is 1. The molecule has 104 valence electrons. The Hall–Kier alpha value is -2.40. The van der Waals surface area contributed by atoms with Crippen molar-refractivity contribution in [2.24, 2.45) is 12.8 Å². The monoisotopic (exact) mass is 271 g/mol. The van der Waals surface area contributed by atoms with Gasteiger partial charge in [0, 0.05) is 19.3 Å². The van der Waals surface area contributed by atoms with Gasteiger partial charge in [-0.2, -0.15) is 0 Å². The quantitative estimate of drug-likeness (QED) is 0.867. The molecule has 0 aliphatic heterocycles. The molecule has 5 heteroatoms. The van der Waals surface area contributed by atoms with Crippen molar-refractivity contribution < 1.29 is 4.79 Å². The molecule has 1 aromatic heterocycles. The number of nitrogens with one attached hydrogen (secondary N) is 1. The Bertz CT molecular complexity index is 650. The van der Waals surface area contributed by atoms with E-state index in [0.29, 0.717) is 12.1 Å². The number of rotatable bonds is 4. The van der Waals surface area contributed by atoms with Gasteiger partial charge in [-0.3, -0.25) is 9.59 Å². The number of amides is 1. The molecule has 0 aliphatic rings. The summed E-state index contributed by atoms with van der Waals surface area (Å²) < 4.78 is 1.40. The van der Waals surface area contributed by atoms with Crippen LogP contribution in [0.15, 0.2) is 53.5 Å². The molecule has 1 atom stereocenters. The maximum atomic E-state index is 12.0. The van der Waals surface area contributed by atoms with Crippen LogP contribution in [0, 0.1) is 0 Å². The van der Waals surface area contributed by atoms with Crippen LogP contribution in [0.25, 0.3) is 0 Å². The van der Waals surface area contributed by atoms with Crippen molar-refractivity contribution in [3.63, 3.8) is 0 Å². The second-order valence-electron chi connectivity index (χ2n) is 4.65. The van der Waals surface area contributed by atoms with E-state index < -0.39 is 6.04 Å². The lowest BCUT2D eigenvalue weighted by atomic mass is 10.1. The normalized spacial score (nSPS) is 11.9. The summed E-state index contributed by atoms with van der Waals surface area (Å²) in [7, 11) is 1.63. The molecule has 0 unspecified atom stereocenters. The third-order valence-corrected chi connectivity index (χ3v) is 2.99. The Morgan fingerprint density at radius 2 is 1.95 bits per heavy atom. The smallest absolute Gasteiger partial charge is 0.250 e. The number of nitrogens with zero attached hydrogens (tertiary/aromatic N) is 1. The standard InChI is InChI=1S/C15H17N3O2/c1-18-10-12(7-8-14(18)19)17-15(20)13(16)9-11-5-3-2-4-6-11/h2-8,10,13H,9,16H2,1H3,(H,17,20)/t13-/m1/s1. The van der Waals surface area contributed by atoms with Gasteiger partial charge in [0.25, 0.3) is 0 Å². The summed E-state index contributed by atoms with van der Waals surface area (Å²) in [4.78, 5) is 23.2. The van der Waals surface area contributed by atoms with Gasteiger partial charge >= 0.3 is 0 Å². The zero-order chi connectivity index (χ0) is 14.5. The highest BCUT2D eigenvalue weighted by atomic mass is 16.2. The highest BCUT2D eigenvalue weighted by Gasteiger charge is 2.14. The lowest BCUT2D eigenvalue weighted by Gasteiger charge is -2.12. The van der Waals surface area contributed by atoms with Crippen LogP contribution in [-0.2, 0) is 18.3 Å². The Kier molecular flexibility index (Phi) is 4.32. The Morgan fingerprint density at radius 1 is 1.25 bits per heavy atom. The third kappa shape index (κ3) is 3.55. The van der Waals surface area contributed by atoms with E-state index >= 15 is 0 Å². The van der Waals surface area contributed by atoms with E-state index in [-0.39, 0.29) is 11.5 Å². The third-order valence-electron chi connectivity index (χ3n) is 2.99. The number of aryl methyl sites for hydroxylation is 1. The van der Waals surface area contributed by atoms with Crippen LogP contribution in [0.2, 0.25) is 0 Å². The molecule has 1 heterocycles. The number of nitrogens with two attached hydrogens (primary N) is 1. The summed E-state index contributed by atoms with van der Waals surface area (Å²) in [6, 6.07) is 11.9. The van der Waals surface area contributed by atoms with Crippen LogP contribution in [0.1, 0.15) is 5.56 Å². The van der Waals surface area contributed by atoms with Crippen molar-refractivity contribution in [3.8, 4) is 0 Å². The summed E-state index contributed by atoms with van der Waals surface area (Å²) in [6.07, 6.45) is 2.04. The van der Waals surface area contributed by atoms with E-state index in [9.17, 15) is 9.59 Å². The van der Waals surface area contributed by atoms with Crippen molar-refractivity contribution in [1.82, 2.24) is 4.57 Å². The molecule has 0 saturated carbocycles. The molecule has 3 N–H and O–H groups in total. The minimum atomic E-state index is -0.630. The highest BCUT2D eigenvalue weighted by Crippen LogP contribution is 2.06. The molecule has 0 spiro atoms. The van der Waals surface area contributed by atoms with Gasteiger partial charge in [0.1, 0.15) is 0 Å². The fourth-order valence-electron chi connectivity index (χ4n) is 1.86. The van der Waals surface area contributed by atoms with Crippen LogP contribution in [0.5, 0.6) is 0 Å². The molecule has 0 radical (unpaired) electrons. The molecular weight excluding hydrogens is 254 g/mol. The molecular formula is C15H17N3O2. The first kappa shape index (κ1) is 14.0. The summed E-state index contributed by atoms with van der Waals surface area (Å²) >= 11 is 0. The molecule has 0 fully saturated rings. The number of hydrogen-bond donors (Lipinski definition) is 2. The van der Waals surface area contributed by atoms with E-state index in [2.05, 4.69) is 5.32 Å². The molecule has 5 nitrogen and oxygen atoms in total. The van der Waals surface area contributed by atoms with Crippen molar-refractivity contribution in [2.75, 3.05) is 5.32 Å². The minimum absolute atomic E-state index is 0.128. The number of anilines is 1. The first-order chi connectivity index (χ1) is 9.56. The van der Waals surface area contributed by atoms with Gasteiger partial charge in [-0.15, -0.1) is 0 Å². The van der Waals surface area contributed by atoms with Crippen LogP contribution < -0.4 is 16.6 Å². The lowest BCUT2D eigenvalue weighted by molar-refractivity contribution is -0.117. The zero-order valence-corrected chi connectivity index (χ0v) is 11.2. The van der Waals surface area contributed by atoms with Gasteiger partial charge in [0.05, 0.1) is 11.7 Å². The zero-order valence-electron chi connectivity index (χ0n) is 11.2. The van der Waals surface area contributed by atoms with Crippen LogP contribution >= 0.6 is 0 Å². The topological polar surface area (TPSA) is 77.1 Å². The largest absolute Gasteiger partial charge is 0.323 e. The number of hydrogen-bond acceptors (Lipinski definition) is 3. The van der Waals surface area contributed by atoms with E-state index in [1.165, 1.54) is 10.6 Å². The van der Waals surface area contributed by atoms with Gasteiger partial charge in [0.2, 0.25) is 11.5 Å². The SMILES string of the molecule is Cn1cc(NC(=O)[C@H](N)Cc2ccccc2)ccc1=O. The average Bonchev–Trinajstić information content (AvgIpc) is 2.44. The Balaban J connectivity index is 2.00. The first-order valence-electron chi connectivity index (χ1n) is 6.33. The van der Waals surface area contributed by atoms with Crippen molar-refractivity contribution in [3.05, 3.63) is 64.6 Å². The second kappa shape index (κ2) is 6.16. The number of carbonyl (C=O) groups excluding carboxylic acids is 1. The van der Waals surface area contributed by atoms with E-state index in [1.807, 2.05) is 30.3 Å². The Labute approximate surface area is 117 Å². The van der Waals surface area contributed by atoms with Gasteiger partial charge in [-0.1, -0.05) is 30.3 Å². The van der Waals surface area contributed by atoms with Gasteiger partial charge in [-0.25, -0.2) is 0 Å². The van der Waals surface area contributed by atoms with Crippen molar-refractivity contribution >= 4 is 11.6 Å². The summed E-state index contributed by atoms with van der Waals surface area (Å²) in [5.74, 6) is -0.271. The Morgan fingerprint density at radius 3 is 2.60 bits per heavy atom. The molecule has 2 rings (SSSR count). The number of aromatic nitrogens is 1. The molecule has 0 saturated heterocycles. The minimum Gasteiger partial charge on any atom is -0.323 e. The molecule has 2 aromatic rings. The summed E-state index contributed by atoms with van der Waals surface area (Å²) in [5, 5.41) is 2.71. The van der Waals surface area contributed by atoms with Gasteiger partial charge in [0.15, 0.2) is 0 Å². The van der Waals surface area contributed by atoms with E-state index in [0.717, 1.165) is 5.56 Å². The maximum Gasteiger partial charge on any atom is 0.250 e. The van der Waals surface area contributed by atoms with Crippen LogP contribution in [-0.4, -0.2) is 16.5 Å². The maximum absolute atomic E-state index is 12.0. The predicted molar refractivity (Wildman–Crippen MR) is 78.4 cm³/mol. The van der Waals surface area contributed by atoms with E-state index in [1.54, 1.807) is 19.3 Å². The number of carbonyl (C=O) groups is 1. The molecule has 0 bridgehead atoms. The fraction of sp³-hybridized carbons (Fsp3) is 0.200. The van der Waals surface area contributed by atoms with E-state index in [4.69, 9.17) is 5.73 Å². The molecule has 1 amide bonds. The van der Waals surface area contributed by atoms with Gasteiger partial charge in [-0.05, 0) is 18.1 Å². The van der Waals surface area contributed by atoms with Crippen LogP contribution in [0.3, 0.4) is 0 Å². The molecule has 1 aromatic carbocycles. The van der Waals surface area contributed by atoms with Crippen LogP contribution in [0.4, 0.5) is 5.69 Å². The first-order valence-corrected chi connectivity index (χ1v) is 6.33. The van der Waals surface area contributed by atoms with Crippen molar-refractivity contribution in [1.29, 1.82) is 0 Å². The van der Waals surface area contributed by atoms with Gasteiger partial charge < -0.3 is 15.6 Å². The molecule has 0 aliphatic carbocycles. The second-order valence-corrected chi connectivity index (χ2v) is 4.65. The average molecular weight is 271 g/mol.